The summed E-state index contributed by atoms with van der Waals surface area (Å²) in [6.45, 7) is 8.86. The number of hydrogen-bond donors (Lipinski definition) is 1. The smallest absolute Gasteiger partial charge is 0.341 e. The maximum absolute atomic E-state index is 13.1. The lowest BCUT2D eigenvalue weighted by atomic mass is 9.72. The predicted octanol–water partition coefficient (Wildman–Crippen LogP) is 7.20. The molecule has 31 heavy (non-hydrogen) atoms. The minimum Gasteiger partial charge on any atom is -0.462 e. The Morgan fingerprint density at radius 3 is 2.65 bits per heavy atom. The van der Waals surface area contributed by atoms with Crippen molar-refractivity contribution >= 4 is 61.2 Å². The number of esters is 1. The van der Waals surface area contributed by atoms with Gasteiger partial charge in [0.05, 0.1) is 17.2 Å². The second-order valence-corrected chi connectivity index (χ2v) is 11.5. The molecule has 0 aliphatic heterocycles. The van der Waals surface area contributed by atoms with Gasteiger partial charge >= 0.3 is 5.97 Å². The van der Waals surface area contributed by atoms with Crippen molar-refractivity contribution in [1.82, 2.24) is 0 Å². The Bertz CT molecular complexity index is 1160. The van der Waals surface area contributed by atoms with E-state index in [1.807, 2.05) is 24.3 Å². The zero-order chi connectivity index (χ0) is 22.3. The number of benzene rings is 1. The molecule has 0 radical (unpaired) electrons. The number of fused-ring (bicyclic) bond motifs is 2. The predicted molar refractivity (Wildman–Crippen MR) is 130 cm³/mol. The number of carbonyl (C=O) groups excluding carboxylic acids is 2. The van der Waals surface area contributed by atoms with Crippen LogP contribution in [0.5, 0.6) is 0 Å². The number of rotatable bonds is 4. The van der Waals surface area contributed by atoms with Crippen LogP contribution in [-0.4, -0.2) is 18.5 Å². The quantitative estimate of drug-likeness (QED) is 0.406. The van der Waals surface area contributed by atoms with Crippen LogP contribution in [0.4, 0.5) is 5.00 Å². The Kier molecular flexibility index (Phi) is 6.16. The van der Waals surface area contributed by atoms with Gasteiger partial charge in [0.15, 0.2) is 0 Å². The molecule has 1 aromatic carbocycles. The van der Waals surface area contributed by atoms with Gasteiger partial charge < -0.3 is 10.1 Å². The SMILES string of the molecule is CCOC(=O)c1c(NC(=O)c2sc3ccccc3c2Cl)sc2c1CCC(C(C)(C)C)C2. The highest BCUT2D eigenvalue weighted by molar-refractivity contribution is 7.22. The van der Waals surface area contributed by atoms with Crippen LogP contribution in [0, 0.1) is 11.3 Å². The van der Waals surface area contributed by atoms with Crippen molar-refractivity contribution in [3.63, 3.8) is 0 Å². The van der Waals surface area contributed by atoms with Crippen LogP contribution in [0.25, 0.3) is 10.1 Å². The molecule has 0 saturated heterocycles. The van der Waals surface area contributed by atoms with Crippen molar-refractivity contribution in [1.29, 1.82) is 0 Å². The second-order valence-electron chi connectivity index (χ2n) is 8.93. The Labute approximate surface area is 195 Å². The van der Waals surface area contributed by atoms with Crippen molar-refractivity contribution in [3.05, 3.63) is 50.2 Å². The monoisotopic (exact) mass is 475 g/mol. The van der Waals surface area contributed by atoms with Crippen LogP contribution in [0.3, 0.4) is 0 Å². The topological polar surface area (TPSA) is 55.4 Å². The molecule has 1 aliphatic rings. The Balaban J connectivity index is 1.70. The molecule has 4 rings (SSSR count). The molecule has 4 nitrogen and oxygen atoms in total. The van der Waals surface area contributed by atoms with E-state index in [9.17, 15) is 9.59 Å². The van der Waals surface area contributed by atoms with Crippen molar-refractivity contribution in [2.45, 2.75) is 47.0 Å². The third-order valence-corrected chi connectivity index (χ3v) is 8.78. The van der Waals surface area contributed by atoms with Crippen molar-refractivity contribution in [2.24, 2.45) is 11.3 Å². The fourth-order valence-corrected chi connectivity index (χ4v) is 6.88. The van der Waals surface area contributed by atoms with Gasteiger partial charge in [0.25, 0.3) is 5.91 Å². The lowest BCUT2D eigenvalue weighted by Crippen LogP contribution is -2.26. The minimum absolute atomic E-state index is 0.194. The van der Waals surface area contributed by atoms with Gasteiger partial charge in [-0.2, -0.15) is 0 Å². The van der Waals surface area contributed by atoms with Crippen LogP contribution in [0.2, 0.25) is 5.02 Å². The van der Waals surface area contributed by atoms with Crippen molar-refractivity contribution in [2.75, 3.05) is 11.9 Å². The van der Waals surface area contributed by atoms with Gasteiger partial charge in [0.2, 0.25) is 0 Å². The average Bonchev–Trinajstić information content (AvgIpc) is 3.24. The van der Waals surface area contributed by atoms with E-state index in [1.165, 1.54) is 27.6 Å². The van der Waals surface area contributed by atoms with Gasteiger partial charge in [0.1, 0.15) is 9.88 Å². The standard InChI is InChI=1S/C24H26ClNO3S2/c1-5-29-23(28)18-14-11-10-13(24(2,3)4)12-17(14)31-22(18)26-21(27)20-19(25)15-8-6-7-9-16(15)30-20/h6-9,13H,5,10-12H2,1-4H3,(H,26,27). The van der Waals surface area contributed by atoms with Crippen LogP contribution in [-0.2, 0) is 17.6 Å². The molecule has 0 fully saturated rings. The van der Waals surface area contributed by atoms with Crippen LogP contribution in [0.1, 0.15) is 64.6 Å². The summed E-state index contributed by atoms with van der Waals surface area (Å²) in [5.41, 5.74) is 1.74. The molecule has 1 amide bonds. The molecule has 164 valence electrons. The molecule has 7 heteroatoms. The van der Waals surface area contributed by atoms with Crippen molar-refractivity contribution < 1.29 is 14.3 Å². The Morgan fingerprint density at radius 2 is 1.97 bits per heavy atom. The number of thiophene rings is 2. The molecule has 2 heterocycles. The lowest BCUT2D eigenvalue weighted by molar-refractivity contribution is 0.0526. The summed E-state index contributed by atoms with van der Waals surface area (Å²) in [6.07, 6.45) is 2.76. The van der Waals surface area contributed by atoms with E-state index in [2.05, 4.69) is 26.1 Å². The number of anilines is 1. The summed E-state index contributed by atoms with van der Waals surface area (Å²) >= 11 is 9.36. The van der Waals surface area contributed by atoms with Crippen LogP contribution >= 0.6 is 34.3 Å². The first kappa shape index (κ1) is 22.3. The molecule has 0 bridgehead atoms. The molecule has 1 N–H and O–H groups in total. The van der Waals surface area contributed by atoms with E-state index in [1.54, 1.807) is 6.92 Å². The zero-order valence-electron chi connectivity index (χ0n) is 18.1. The summed E-state index contributed by atoms with van der Waals surface area (Å²) in [4.78, 5) is 27.6. The van der Waals surface area contributed by atoms with Crippen molar-refractivity contribution in [3.8, 4) is 0 Å². The fourth-order valence-electron chi connectivity index (χ4n) is 4.15. The second kappa shape index (κ2) is 8.57. The van der Waals surface area contributed by atoms with E-state index >= 15 is 0 Å². The molecule has 1 atom stereocenters. The molecule has 0 spiro atoms. The largest absolute Gasteiger partial charge is 0.462 e. The van der Waals surface area contributed by atoms with Gasteiger partial charge in [0, 0.05) is 15.0 Å². The summed E-state index contributed by atoms with van der Waals surface area (Å²) in [5, 5.41) is 4.86. The molecule has 0 saturated carbocycles. The molecule has 2 aromatic heterocycles. The number of amides is 1. The summed E-state index contributed by atoms with van der Waals surface area (Å²) in [6, 6.07) is 7.68. The molecule has 3 aromatic rings. The fraction of sp³-hybridized carbons (Fsp3) is 0.417. The van der Waals surface area contributed by atoms with Gasteiger partial charge in [-0.25, -0.2) is 4.79 Å². The molecular weight excluding hydrogens is 450 g/mol. The first-order valence-corrected chi connectivity index (χ1v) is 12.5. The third-order valence-electron chi connectivity index (χ3n) is 5.94. The minimum atomic E-state index is -0.369. The normalized spacial score (nSPS) is 16.2. The average molecular weight is 476 g/mol. The van der Waals surface area contributed by atoms with E-state index in [0.29, 0.717) is 33.0 Å². The van der Waals surface area contributed by atoms with Gasteiger partial charge in [-0.1, -0.05) is 50.6 Å². The molecular formula is C24H26ClNO3S2. The van der Waals surface area contributed by atoms with Gasteiger partial charge in [-0.3, -0.25) is 4.79 Å². The Morgan fingerprint density at radius 1 is 1.23 bits per heavy atom. The number of nitrogens with one attached hydrogen (secondary N) is 1. The highest BCUT2D eigenvalue weighted by Crippen LogP contribution is 2.45. The van der Waals surface area contributed by atoms with E-state index in [0.717, 1.165) is 34.9 Å². The van der Waals surface area contributed by atoms with Crippen LogP contribution in [0.15, 0.2) is 24.3 Å². The maximum Gasteiger partial charge on any atom is 0.341 e. The number of hydrogen-bond acceptors (Lipinski definition) is 5. The van der Waals surface area contributed by atoms with E-state index < -0.39 is 0 Å². The lowest BCUT2D eigenvalue weighted by Gasteiger charge is -2.33. The Hall–Kier alpha value is -1.89. The molecule has 1 unspecified atom stereocenters. The van der Waals surface area contributed by atoms with Gasteiger partial charge in [-0.15, -0.1) is 22.7 Å². The number of carbonyl (C=O) groups is 2. The zero-order valence-corrected chi connectivity index (χ0v) is 20.5. The van der Waals surface area contributed by atoms with E-state index in [-0.39, 0.29) is 17.3 Å². The molecule has 1 aliphatic carbocycles. The third kappa shape index (κ3) is 4.26. The highest BCUT2D eigenvalue weighted by Gasteiger charge is 2.34. The first-order valence-electron chi connectivity index (χ1n) is 10.5. The summed E-state index contributed by atoms with van der Waals surface area (Å²) < 4.78 is 6.30. The summed E-state index contributed by atoms with van der Waals surface area (Å²) in [5.74, 6) is -0.121. The first-order chi connectivity index (χ1) is 14.7. The van der Waals surface area contributed by atoms with Gasteiger partial charge in [-0.05, 0) is 49.1 Å². The number of ether oxygens (including phenoxy) is 1. The number of halogens is 1. The summed E-state index contributed by atoms with van der Waals surface area (Å²) in [7, 11) is 0. The highest BCUT2D eigenvalue weighted by atomic mass is 35.5. The van der Waals surface area contributed by atoms with E-state index in [4.69, 9.17) is 16.3 Å². The van der Waals surface area contributed by atoms with Crippen LogP contribution < -0.4 is 5.32 Å². The maximum atomic E-state index is 13.1.